The summed E-state index contributed by atoms with van der Waals surface area (Å²) in [6.07, 6.45) is -0.835. The average Bonchev–Trinajstić information content (AvgIpc) is 2.79. The van der Waals surface area contributed by atoms with Crippen LogP contribution in [0.25, 0.3) is 0 Å². The van der Waals surface area contributed by atoms with Crippen molar-refractivity contribution in [3.05, 3.63) is 47.3 Å². The van der Waals surface area contributed by atoms with Crippen molar-refractivity contribution in [2.24, 2.45) is 0 Å². The fourth-order valence-electron chi connectivity index (χ4n) is 2.62. The summed E-state index contributed by atoms with van der Waals surface area (Å²) in [5, 5.41) is 18.7. The summed E-state index contributed by atoms with van der Waals surface area (Å²) in [6, 6.07) is 5.23. The number of aliphatic hydroxyl groups excluding tert-OH is 1. The number of ether oxygens (including phenoxy) is 1. The van der Waals surface area contributed by atoms with E-state index < -0.39 is 46.2 Å². The lowest BCUT2D eigenvalue weighted by atomic mass is 10.1. The summed E-state index contributed by atoms with van der Waals surface area (Å²) in [5.41, 5.74) is -5.24. The Morgan fingerprint density at radius 2 is 2.04 bits per heavy atom. The van der Waals surface area contributed by atoms with Gasteiger partial charge < -0.3 is 9.84 Å². The Morgan fingerprint density at radius 1 is 1.31 bits per heavy atom. The smallest absolute Gasteiger partial charge is 0.446 e. The molecule has 0 bridgehead atoms. The van der Waals surface area contributed by atoms with Crippen LogP contribution < -0.4 is 4.74 Å². The minimum atomic E-state index is -4.70. The Kier molecular flexibility index (Phi) is 4.54. The van der Waals surface area contributed by atoms with Gasteiger partial charge in [0, 0.05) is 34.7 Å². The number of aliphatic hydroxyl groups is 1. The van der Waals surface area contributed by atoms with E-state index in [1.165, 1.54) is 18.5 Å². The van der Waals surface area contributed by atoms with Crippen LogP contribution in [-0.4, -0.2) is 21.5 Å². The van der Waals surface area contributed by atoms with Gasteiger partial charge in [0.05, 0.1) is 11.8 Å². The Balaban J connectivity index is 2.05. The van der Waals surface area contributed by atoms with Crippen LogP contribution in [0.3, 0.4) is 0 Å². The van der Waals surface area contributed by atoms with Crippen molar-refractivity contribution in [2.45, 2.75) is 28.9 Å². The first-order valence-electron chi connectivity index (χ1n) is 7.11. The first-order chi connectivity index (χ1) is 12.1. The van der Waals surface area contributed by atoms with Gasteiger partial charge in [-0.1, -0.05) is 0 Å². The number of nitriles is 1. The zero-order chi connectivity index (χ0) is 19.1. The molecule has 0 amide bonds. The fourth-order valence-corrected chi connectivity index (χ4v) is 3.35. The highest BCUT2D eigenvalue weighted by Gasteiger charge is 2.50. The lowest BCUT2D eigenvalue weighted by molar-refractivity contribution is -0.0977. The molecule has 3 rings (SSSR count). The maximum Gasteiger partial charge on any atom is 0.446 e. The molecule has 1 aliphatic rings. The molecule has 1 aliphatic carbocycles. The molecule has 1 aromatic carbocycles. The van der Waals surface area contributed by atoms with Crippen molar-refractivity contribution in [1.82, 2.24) is 4.98 Å². The maximum atomic E-state index is 13.9. The van der Waals surface area contributed by atoms with E-state index in [4.69, 9.17) is 10.00 Å². The first-order valence-corrected chi connectivity index (χ1v) is 7.93. The van der Waals surface area contributed by atoms with Crippen LogP contribution in [0.5, 0.6) is 11.5 Å². The second kappa shape index (κ2) is 6.41. The molecule has 2 aromatic rings. The number of aromatic nitrogens is 1. The number of benzene rings is 1. The molecule has 0 saturated carbocycles. The predicted molar refractivity (Wildman–Crippen MR) is 81.0 cm³/mol. The number of halogens is 5. The van der Waals surface area contributed by atoms with Crippen molar-refractivity contribution >= 4 is 11.8 Å². The van der Waals surface area contributed by atoms with E-state index in [1.54, 1.807) is 0 Å². The number of fused-ring (bicyclic) bond motifs is 1. The lowest BCUT2D eigenvalue weighted by Crippen LogP contribution is -2.21. The van der Waals surface area contributed by atoms with Gasteiger partial charge in [-0.15, -0.1) is 0 Å². The zero-order valence-corrected chi connectivity index (χ0v) is 13.5. The van der Waals surface area contributed by atoms with Gasteiger partial charge in [0.1, 0.15) is 23.7 Å². The predicted octanol–water partition coefficient (Wildman–Crippen LogP) is 4.58. The molecule has 0 radical (unpaired) electrons. The SMILES string of the molecule is N#Cc1cncc(Oc2ccc(SC(F)(F)F)c3c2CC(F)(F)C3O)c1. The number of pyridine rings is 1. The zero-order valence-electron chi connectivity index (χ0n) is 12.7. The molecule has 1 N–H and O–H groups in total. The normalized spacial score (nSPS) is 18.3. The molecular formula is C16H9F5N2O2S. The van der Waals surface area contributed by atoms with Gasteiger partial charge in [0.15, 0.2) is 0 Å². The lowest BCUT2D eigenvalue weighted by Gasteiger charge is -2.17. The summed E-state index contributed by atoms with van der Waals surface area (Å²) in [4.78, 5) is 3.25. The highest BCUT2D eigenvalue weighted by molar-refractivity contribution is 8.00. The minimum Gasteiger partial charge on any atom is -0.455 e. The van der Waals surface area contributed by atoms with Gasteiger partial charge in [0.25, 0.3) is 5.92 Å². The Hall–Kier alpha value is -2.38. The third-order valence-corrected chi connectivity index (χ3v) is 4.46. The van der Waals surface area contributed by atoms with Crippen LogP contribution in [0.15, 0.2) is 35.5 Å². The van der Waals surface area contributed by atoms with Crippen LogP contribution in [0.2, 0.25) is 0 Å². The topological polar surface area (TPSA) is 66.1 Å². The van der Waals surface area contributed by atoms with E-state index in [-0.39, 0.29) is 22.6 Å². The second-order valence-corrected chi connectivity index (χ2v) is 6.57. The van der Waals surface area contributed by atoms with Crippen molar-refractivity contribution in [1.29, 1.82) is 5.26 Å². The molecule has 26 heavy (non-hydrogen) atoms. The molecule has 136 valence electrons. The van der Waals surface area contributed by atoms with Gasteiger partial charge in [-0.25, -0.2) is 8.78 Å². The molecule has 0 spiro atoms. The van der Waals surface area contributed by atoms with E-state index in [2.05, 4.69) is 4.98 Å². The molecular weight excluding hydrogens is 379 g/mol. The Labute approximate surface area is 148 Å². The van der Waals surface area contributed by atoms with E-state index in [9.17, 15) is 27.1 Å². The summed E-state index contributed by atoms with van der Waals surface area (Å²) in [7, 11) is 0. The fraction of sp³-hybridized carbons (Fsp3) is 0.250. The summed E-state index contributed by atoms with van der Waals surface area (Å²) >= 11 is -0.573. The largest absolute Gasteiger partial charge is 0.455 e. The number of thioether (sulfide) groups is 1. The van der Waals surface area contributed by atoms with E-state index in [0.717, 1.165) is 12.1 Å². The van der Waals surface area contributed by atoms with Crippen LogP contribution in [0.4, 0.5) is 22.0 Å². The first kappa shape index (κ1) is 18.4. The van der Waals surface area contributed by atoms with Crippen molar-refractivity contribution < 1.29 is 31.8 Å². The quantitative estimate of drug-likeness (QED) is 0.616. The van der Waals surface area contributed by atoms with Crippen LogP contribution in [-0.2, 0) is 6.42 Å². The average molecular weight is 388 g/mol. The van der Waals surface area contributed by atoms with Crippen LogP contribution >= 0.6 is 11.8 Å². The molecule has 1 heterocycles. The third kappa shape index (κ3) is 3.59. The second-order valence-electron chi connectivity index (χ2n) is 5.47. The summed E-state index contributed by atoms with van der Waals surface area (Å²) in [5.74, 6) is -3.68. The monoisotopic (exact) mass is 388 g/mol. The molecule has 0 fully saturated rings. The number of hydrogen-bond donors (Lipinski definition) is 1. The molecule has 4 nitrogen and oxygen atoms in total. The summed E-state index contributed by atoms with van der Waals surface area (Å²) in [6.45, 7) is 0. The molecule has 0 saturated heterocycles. The van der Waals surface area contributed by atoms with Gasteiger partial charge >= 0.3 is 5.51 Å². The maximum absolute atomic E-state index is 13.9. The highest BCUT2D eigenvalue weighted by Crippen LogP contribution is 2.52. The van der Waals surface area contributed by atoms with Gasteiger partial charge in [-0.3, -0.25) is 4.98 Å². The van der Waals surface area contributed by atoms with E-state index in [0.29, 0.717) is 0 Å². The van der Waals surface area contributed by atoms with Gasteiger partial charge in [-0.2, -0.15) is 18.4 Å². The number of alkyl halides is 5. The highest BCUT2D eigenvalue weighted by atomic mass is 32.2. The molecule has 10 heteroatoms. The van der Waals surface area contributed by atoms with Crippen molar-refractivity contribution in [2.75, 3.05) is 0 Å². The molecule has 1 atom stereocenters. The van der Waals surface area contributed by atoms with Crippen LogP contribution in [0, 0.1) is 11.3 Å². The van der Waals surface area contributed by atoms with E-state index >= 15 is 0 Å². The Morgan fingerprint density at radius 3 is 2.69 bits per heavy atom. The molecule has 1 unspecified atom stereocenters. The van der Waals surface area contributed by atoms with Crippen molar-refractivity contribution in [3.8, 4) is 17.6 Å². The van der Waals surface area contributed by atoms with Gasteiger partial charge in [0.2, 0.25) is 0 Å². The minimum absolute atomic E-state index is 0.0622. The van der Waals surface area contributed by atoms with Crippen molar-refractivity contribution in [3.63, 3.8) is 0 Å². The number of nitrogens with zero attached hydrogens (tertiary/aromatic N) is 2. The van der Waals surface area contributed by atoms with Gasteiger partial charge in [-0.05, 0) is 23.9 Å². The molecule has 1 aromatic heterocycles. The van der Waals surface area contributed by atoms with E-state index in [1.807, 2.05) is 6.07 Å². The Bertz CT molecular complexity index is 895. The number of rotatable bonds is 3. The third-order valence-electron chi connectivity index (χ3n) is 3.66. The van der Waals surface area contributed by atoms with Crippen LogP contribution in [0.1, 0.15) is 22.8 Å². The molecule has 0 aliphatic heterocycles. The standard InChI is InChI=1S/C16H9F5N2O2S/c17-15(18)4-10-11(25-9-3-8(5-22)6-23-7-9)1-2-12(13(10)14(15)24)26-16(19,20)21/h1-3,6-7,14,24H,4H2. The number of hydrogen-bond acceptors (Lipinski definition) is 5. The summed E-state index contributed by atoms with van der Waals surface area (Å²) < 4.78 is 71.4.